The van der Waals surface area contributed by atoms with Gasteiger partial charge in [-0.05, 0) is 68.3 Å². The Morgan fingerprint density at radius 2 is 0.567 bits per heavy atom. The molecule has 4 aromatic carbocycles. The Hall–Kier alpha value is -2.07. The molecule has 0 N–H and O–H groups in total. The number of hydrogen-bond acceptors (Lipinski definition) is 3. The maximum atomic E-state index is 4.38. The summed E-state index contributed by atoms with van der Waals surface area (Å²) in [7, 11) is 0. The average Bonchev–Trinajstić information content (AvgIpc) is 2.84. The highest BCUT2D eigenvalue weighted by atomic mass is 32.1. The third-order valence-electron chi connectivity index (χ3n) is 5.34. The van der Waals surface area contributed by atoms with Crippen LogP contribution in [0.5, 0.6) is 0 Å². The minimum Gasteiger partial charge on any atom is -0.175 e. The first kappa shape index (κ1) is 21.2. The van der Waals surface area contributed by atoms with Crippen LogP contribution in [0, 0.1) is 0 Å². The van der Waals surface area contributed by atoms with Crippen LogP contribution in [0.3, 0.4) is 0 Å². The molecule has 4 aromatic rings. The van der Waals surface area contributed by atoms with Gasteiger partial charge in [0.1, 0.15) is 0 Å². The Kier molecular flexibility index (Phi) is 6.93. The number of hydrogen-bond donors (Lipinski definition) is 3. The Morgan fingerprint density at radius 3 is 0.767 bits per heavy atom. The minimum atomic E-state index is 0.751. The zero-order valence-electron chi connectivity index (χ0n) is 16.6. The van der Waals surface area contributed by atoms with Gasteiger partial charge in [-0.2, -0.15) is 37.9 Å². The van der Waals surface area contributed by atoms with E-state index in [2.05, 4.69) is 129 Å². The molecule has 0 amide bonds. The summed E-state index contributed by atoms with van der Waals surface area (Å²) < 4.78 is 0. The molecule has 0 saturated carbocycles. The second-order valence-corrected chi connectivity index (χ2v) is 8.31. The zero-order valence-corrected chi connectivity index (χ0v) is 19.3. The summed E-state index contributed by atoms with van der Waals surface area (Å²) in [4.78, 5) is 0. The van der Waals surface area contributed by atoms with Crippen molar-refractivity contribution in [3.63, 3.8) is 0 Å². The third kappa shape index (κ3) is 4.80. The van der Waals surface area contributed by atoms with Gasteiger partial charge in [-0.15, -0.1) is 0 Å². The molecule has 0 aliphatic carbocycles. The van der Waals surface area contributed by atoms with Crippen molar-refractivity contribution in [2.24, 2.45) is 0 Å². The number of thiol groups is 3. The molecule has 0 aliphatic rings. The lowest BCUT2D eigenvalue weighted by atomic mass is 9.92. The second kappa shape index (κ2) is 9.82. The molecular formula is C27H24S3. The van der Waals surface area contributed by atoms with Gasteiger partial charge >= 0.3 is 0 Å². The van der Waals surface area contributed by atoms with Crippen LogP contribution in [0.2, 0.25) is 0 Å². The molecule has 0 radical (unpaired) electrons. The Bertz CT molecular complexity index is 954. The van der Waals surface area contributed by atoms with E-state index in [1.165, 1.54) is 50.1 Å². The summed E-state index contributed by atoms with van der Waals surface area (Å²) in [5.74, 6) is 2.25. The molecule has 150 valence electrons. The van der Waals surface area contributed by atoms with Crippen molar-refractivity contribution in [2.45, 2.75) is 17.3 Å². The van der Waals surface area contributed by atoms with Crippen molar-refractivity contribution in [1.82, 2.24) is 0 Å². The third-order valence-corrected chi connectivity index (χ3v) is 6.44. The molecule has 0 spiro atoms. The SMILES string of the molecule is SCc1ccc(-c2cc(-c3ccc(CS)cc3)cc(-c3ccc(CS)cc3)c2)cc1. The van der Waals surface area contributed by atoms with Crippen LogP contribution in [0.15, 0.2) is 91.0 Å². The fourth-order valence-corrected chi connectivity index (χ4v) is 4.17. The molecule has 3 heteroatoms. The fourth-order valence-electron chi connectivity index (χ4n) is 3.54. The van der Waals surface area contributed by atoms with Crippen LogP contribution in [0.4, 0.5) is 0 Å². The highest BCUT2D eigenvalue weighted by Crippen LogP contribution is 2.33. The van der Waals surface area contributed by atoms with E-state index in [4.69, 9.17) is 0 Å². The summed E-state index contributed by atoms with van der Waals surface area (Å²) in [6, 6.07) is 32.8. The lowest BCUT2D eigenvalue weighted by Crippen LogP contribution is -1.88. The maximum Gasteiger partial charge on any atom is 0.0154 e. The highest BCUT2D eigenvalue weighted by molar-refractivity contribution is 7.79. The van der Waals surface area contributed by atoms with Crippen molar-refractivity contribution < 1.29 is 0 Å². The maximum absolute atomic E-state index is 4.38. The summed E-state index contributed by atoms with van der Waals surface area (Å²) >= 11 is 13.1. The summed E-state index contributed by atoms with van der Waals surface area (Å²) in [5.41, 5.74) is 10.9. The molecular weight excluding hydrogens is 420 g/mol. The normalized spacial score (nSPS) is 10.9. The van der Waals surface area contributed by atoms with E-state index in [1.54, 1.807) is 0 Å². The van der Waals surface area contributed by atoms with Crippen molar-refractivity contribution in [3.8, 4) is 33.4 Å². The lowest BCUT2D eigenvalue weighted by molar-refractivity contribution is 1.41. The molecule has 0 bridgehead atoms. The lowest BCUT2D eigenvalue weighted by Gasteiger charge is -2.12. The predicted molar refractivity (Wildman–Crippen MR) is 141 cm³/mol. The van der Waals surface area contributed by atoms with Crippen LogP contribution in [0.25, 0.3) is 33.4 Å². The first-order valence-corrected chi connectivity index (χ1v) is 11.9. The molecule has 0 aromatic heterocycles. The molecule has 4 rings (SSSR count). The van der Waals surface area contributed by atoms with E-state index in [-0.39, 0.29) is 0 Å². The van der Waals surface area contributed by atoms with Crippen LogP contribution in [-0.4, -0.2) is 0 Å². The smallest absolute Gasteiger partial charge is 0.0154 e. The molecule has 0 fully saturated rings. The van der Waals surface area contributed by atoms with Crippen molar-refractivity contribution in [1.29, 1.82) is 0 Å². The molecule has 0 heterocycles. The number of rotatable bonds is 6. The second-order valence-electron chi connectivity index (χ2n) is 7.36. The standard InChI is InChI=1S/C27H24S3/c28-16-19-1-7-22(8-2-19)25-13-26(23-9-3-20(17-29)4-10-23)15-27(14-25)24-11-5-21(18-30)6-12-24/h1-15,28-30H,16-18H2. The fraction of sp³-hybridized carbons (Fsp3) is 0.111. The van der Waals surface area contributed by atoms with Crippen LogP contribution >= 0.6 is 37.9 Å². The Balaban J connectivity index is 1.83. The Morgan fingerprint density at radius 1 is 0.333 bits per heavy atom. The van der Waals surface area contributed by atoms with E-state index < -0.39 is 0 Å². The van der Waals surface area contributed by atoms with Gasteiger partial charge in [0, 0.05) is 17.3 Å². The molecule has 0 unspecified atom stereocenters. The van der Waals surface area contributed by atoms with Crippen LogP contribution in [0.1, 0.15) is 16.7 Å². The monoisotopic (exact) mass is 444 g/mol. The molecule has 0 aliphatic heterocycles. The van der Waals surface area contributed by atoms with Gasteiger partial charge in [0.2, 0.25) is 0 Å². The molecule has 0 atom stereocenters. The van der Waals surface area contributed by atoms with Crippen LogP contribution in [-0.2, 0) is 17.3 Å². The predicted octanol–water partition coefficient (Wildman–Crippen LogP) is 7.98. The number of benzene rings is 4. The van der Waals surface area contributed by atoms with Gasteiger partial charge in [-0.25, -0.2) is 0 Å². The topological polar surface area (TPSA) is 0 Å². The van der Waals surface area contributed by atoms with Gasteiger partial charge in [0.25, 0.3) is 0 Å². The van der Waals surface area contributed by atoms with E-state index in [0.717, 1.165) is 17.3 Å². The quantitative estimate of drug-likeness (QED) is 0.247. The first-order valence-electron chi connectivity index (χ1n) is 9.96. The minimum absolute atomic E-state index is 0.751. The van der Waals surface area contributed by atoms with Crippen molar-refractivity contribution in [3.05, 3.63) is 108 Å². The largest absolute Gasteiger partial charge is 0.175 e. The zero-order chi connectivity index (χ0) is 20.9. The summed E-state index contributed by atoms with van der Waals surface area (Å²) in [6.45, 7) is 0. The van der Waals surface area contributed by atoms with E-state index in [1.807, 2.05) is 0 Å². The molecule has 30 heavy (non-hydrogen) atoms. The van der Waals surface area contributed by atoms with Crippen LogP contribution < -0.4 is 0 Å². The highest BCUT2D eigenvalue weighted by Gasteiger charge is 2.08. The van der Waals surface area contributed by atoms with Gasteiger partial charge in [-0.3, -0.25) is 0 Å². The molecule has 0 saturated heterocycles. The Labute approximate surface area is 195 Å². The van der Waals surface area contributed by atoms with Gasteiger partial charge in [0.15, 0.2) is 0 Å². The van der Waals surface area contributed by atoms with Gasteiger partial charge < -0.3 is 0 Å². The van der Waals surface area contributed by atoms with Crippen molar-refractivity contribution in [2.75, 3.05) is 0 Å². The van der Waals surface area contributed by atoms with Gasteiger partial charge in [-0.1, -0.05) is 72.8 Å². The van der Waals surface area contributed by atoms with Gasteiger partial charge in [0.05, 0.1) is 0 Å². The van der Waals surface area contributed by atoms with E-state index in [9.17, 15) is 0 Å². The average molecular weight is 445 g/mol. The first-order chi connectivity index (χ1) is 14.7. The molecule has 0 nitrogen and oxygen atoms in total. The van der Waals surface area contributed by atoms with E-state index >= 15 is 0 Å². The summed E-state index contributed by atoms with van der Waals surface area (Å²) in [6.07, 6.45) is 0. The summed E-state index contributed by atoms with van der Waals surface area (Å²) in [5, 5.41) is 0. The van der Waals surface area contributed by atoms with E-state index in [0.29, 0.717) is 0 Å². The van der Waals surface area contributed by atoms with Crippen molar-refractivity contribution >= 4 is 37.9 Å².